The highest BCUT2D eigenvalue weighted by Gasteiger charge is 2.49. The van der Waals surface area contributed by atoms with Gasteiger partial charge in [0.15, 0.2) is 5.82 Å². The molecule has 4 rings (SSSR count). The first-order valence-electron chi connectivity index (χ1n) is 8.06. The van der Waals surface area contributed by atoms with Gasteiger partial charge in [-0.3, -0.25) is 4.79 Å². The van der Waals surface area contributed by atoms with Gasteiger partial charge in [0.1, 0.15) is 5.82 Å². The van der Waals surface area contributed by atoms with E-state index in [0.29, 0.717) is 18.4 Å². The number of nitrogens with two attached hydrogens (primary N) is 1. The van der Waals surface area contributed by atoms with Crippen molar-refractivity contribution in [1.29, 1.82) is 0 Å². The van der Waals surface area contributed by atoms with E-state index in [9.17, 15) is 4.79 Å². The maximum absolute atomic E-state index is 12.8. The van der Waals surface area contributed by atoms with Crippen LogP contribution in [0.1, 0.15) is 37.3 Å². The largest absolute Gasteiger partial charge is 0.338 e. The lowest BCUT2D eigenvalue weighted by Crippen LogP contribution is -2.45. The topological polar surface area (TPSA) is 77.0 Å². The predicted molar refractivity (Wildman–Crippen MR) is 77.1 cm³/mol. The molecule has 2 bridgehead atoms. The summed E-state index contributed by atoms with van der Waals surface area (Å²) >= 11 is 0. The molecule has 1 aromatic heterocycles. The van der Waals surface area contributed by atoms with Crippen LogP contribution in [0.5, 0.6) is 0 Å². The minimum absolute atomic E-state index is 0.0229. The second-order valence-corrected chi connectivity index (χ2v) is 6.92. The number of rotatable bonds is 3. The monoisotopic (exact) mass is 289 g/mol. The van der Waals surface area contributed by atoms with Gasteiger partial charge in [-0.1, -0.05) is 0 Å². The van der Waals surface area contributed by atoms with Gasteiger partial charge in [0.25, 0.3) is 0 Å². The average Bonchev–Trinajstić information content (AvgIpc) is 3.19. The van der Waals surface area contributed by atoms with Gasteiger partial charge < -0.3 is 15.2 Å². The van der Waals surface area contributed by atoms with Gasteiger partial charge in [0.2, 0.25) is 5.91 Å². The van der Waals surface area contributed by atoms with Crippen molar-refractivity contribution in [2.24, 2.45) is 23.5 Å². The molecule has 6 heteroatoms. The SMILES string of the molecule is CN(Cc1nnc2n1CCC2)C(=O)C1C2CCC(C2)C1N. The summed E-state index contributed by atoms with van der Waals surface area (Å²) in [4.78, 5) is 14.6. The first kappa shape index (κ1) is 13.2. The Balaban J connectivity index is 1.47. The van der Waals surface area contributed by atoms with Crippen LogP contribution >= 0.6 is 0 Å². The van der Waals surface area contributed by atoms with Crippen LogP contribution in [0.4, 0.5) is 0 Å². The zero-order valence-corrected chi connectivity index (χ0v) is 12.5. The molecule has 1 amide bonds. The molecule has 2 heterocycles. The molecule has 4 atom stereocenters. The van der Waals surface area contributed by atoms with Crippen molar-refractivity contribution in [3.8, 4) is 0 Å². The predicted octanol–water partition coefficient (Wildman–Crippen LogP) is 0.556. The number of amides is 1. The lowest BCUT2D eigenvalue weighted by atomic mass is 9.84. The van der Waals surface area contributed by atoms with Crippen LogP contribution in [0.25, 0.3) is 0 Å². The highest BCUT2D eigenvalue weighted by molar-refractivity contribution is 5.80. The lowest BCUT2D eigenvalue weighted by Gasteiger charge is -2.30. The van der Waals surface area contributed by atoms with E-state index in [0.717, 1.165) is 37.5 Å². The second kappa shape index (κ2) is 4.80. The number of hydrogen-bond donors (Lipinski definition) is 1. The van der Waals surface area contributed by atoms with Crippen molar-refractivity contribution in [2.45, 2.75) is 51.2 Å². The molecule has 4 unspecified atom stereocenters. The molecule has 3 aliphatic rings. The van der Waals surface area contributed by atoms with Crippen molar-refractivity contribution in [2.75, 3.05) is 7.05 Å². The summed E-state index contributed by atoms with van der Waals surface area (Å²) < 4.78 is 2.16. The summed E-state index contributed by atoms with van der Waals surface area (Å²) in [5.74, 6) is 3.26. The third kappa shape index (κ3) is 1.99. The Labute approximate surface area is 124 Å². The minimum Gasteiger partial charge on any atom is -0.338 e. The van der Waals surface area contributed by atoms with Crippen LogP contribution in [0.2, 0.25) is 0 Å². The van der Waals surface area contributed by atoms with Crippen LogP contribution in [0.15, 0.2) is 0 Å². The number of aromatic nitrogens is 3. The second-order valence-electron chi connectivity index (χ2n) is 6.92. The molecular weight excluding hydrogens is 266 g/mol. The van der Waals surface area contributed by atoms with E-state index in [1.54, 1.807) is 4.90 Å². The Kier molecular flexibility index (Phi) is 3.03. The van der Waals surface area contributed by atoms with Gasteiger partial charge in [-0.2, -0.15) is 0 Å². The summed E-state index contributed by atoms with van der Waals surface area (Å²) in [6.45, 7) is 1.53. The molecule has 2 saturated carbocycles. The van der Waals surface area contributed by atoms with Crippen LogP contribution in [0, 0.1) is 17.8 Å². The summed E-state index contributed by atoms with van der Waals surface area (Å²) in [5, 5.41) is 8.45. The summed E-state index contributed by atoms with van der Waals surface area (Å²) in [6.07, 6.45) is 5.65. The minimum atomic E-state index is 0.0229. The van der Waals surface area contributed by atoms with Gasteiger partial charge in [-0.05, 0) is 37.5 Å². The molecule has 2 fully saturated rings. The first-order valence-corrected chi connectivity index (χ1v) is 8.06. The van der Waals surface area contributed by atoms with E-state index >= 15 is 0 Å². The van der Waals surface area contributed by atoms with E-state index in [1.165, 1.54) is 12.8 Å². The molecule has 0 aromatic carbocycles. The Morgan fingerprint density at radius 2 is 2.19 bits per heavy atom. The van der Waals surface area contributed by atoms with Gasteiger partial charge in [-0.15, -0.1) is 10.2 Å². The van der Waals surface area contributed by atoms with Crippen LogP contribution in [0.3, 0.4) is 0 Å². The number of hydrogen-bond acceptors (Lipinski definition) is 4. The molecule has 0 spiro atoms. The molecule has 114 valence electrons. The van der Waals surface area contributed by atoms with Crippen molar-refractivity contribution >= 4 is 5.91 Å². The highest BCUT2D eigenvalue weighted by Crippen LogP contribution is 2.48. The van der Waals surface area contributed by atoms with Crippen molar-refractivity contribution in [3.63, 3.8) is 0 Å². The Morgan fingerprint density at radius 3 is 2.95 bits per heavy atom. The molecule has 21 heavy (non-hydrogen) atoms. The van der Waals surface area contributed by atoms with Gasteiger partial charge in [0.05, 0.1) is 12.5 Å². The van der Waals surface area contributed by atoms with Crippen LogP contribution in [-0.4, -0.2) is 38.7 Å². The number of nitrogens with zero attached hydrogens (tertiary/aromatic N) is 4. The summed E-state index contributed by atoms with van der Waals surface area (Å²) in [6, 6.07) is 0.0582. The number of fused-ring (bicyclic) bond motifs is 3. The molecule has 0 radical (unpaired) electrons. The zero-order valence-electron chi connectivity index (χ0n) is 12.5. The van der Waals surface area contributed by atoms with Gasteiger partial charge >= 0.3 is 0 Å². The van der Waals surface area contributed by atoms with Crippen molar-refractivity contribution in [3.05, 3.63) is 11.6 Å². The fourth-order valence-electron chi connectivity index (χ4n) is 4.57. The Bertz CT molecular complexity index is 566. The first-order chi connectivity index (χ1) is 10.1. The van der Waals surface area contributed by atoms with Gasteiger partial charge in [0, 0.05) is 26.1 Å². The lowest BCUT2D eigenvalue weighted by molar-refractivity contribution is -0.137. The Morgan fingerprint density at radius 1 is 1.38 bits per heavy atom. The van der Waals surface area contributed by atoms with E-state index in [-0.39, 0.29) is 17.9 Å². The normalized spacial score (nSPS) is 33.4. The maximum atomic E-state index is 12.8. The zero-order chi connectivity index (χ0) is 14.6. The fraction of sp³-hybridized carbons (Fsp3) is 0.800. The summed E-state index contributed by atoms with van der Waals surface area (Å²) in [7, 11) is 1.87. The van der Waals surface area contributed by atoms with Crippen LogP contribution < -0.4 is 5.73 Å². The Hall–Kier alpha value is -1.43. The molecule has 0 saturated heterocycles. The molecule has 2 N–H and O–H groups in total. The molecule has 1 aromatic rings. The number of carbonyl (C=O) groups is 1. The number of carbonyl (C=O) groups excluding carboxylic acids is 1. The fourth-order valence-corrected chi connectivity index (χ4v) is 4.57. The third-order valence-corrected chi connectivity index (χ3v) is 5.71. The van der Waals surface area contributed by atoms with E-state index in [1.807, 2.05) is 7.05 Å². The van der Waals surface area contributed by atoms with E-state index in [2.05, 4.69) is 14.8 Å². The van der Waals surface area contributed by atoms with E-state index in [4.69, 9.17) is 5.73 Å². The highest BCUT2D eigenvalue weighted by atomic mass is 16.2. The average molecular weight is 289 g/mol. The molecule has 6 nitrogen and oxygen atoms in total. The van der Waals surface area contributed by atoms with Crippen molar-refractivity contribution < 1.29 is 4.79 Å². The smallest absolute Gasteiger partial charge is 0.227 e. The number of aryl methyl sites for hydroxylation is 1. The molecule has 2 aliphatic carbocycles. The maximum Gasteiger partial charge on any atom is 0.227 e. The standard InChI is InChI=1S/C15H23N5O/c1-19(8-12-18-17-11-3-2-6-20(11)12)15(21)13-9-4-5-10(7-9)14(13)16/h9-10,13-14H,2-8,16H2,1H3. The molecular formula is C15H23N5O. The van der Waals surface area contributed by atoms with Crippen molar-refractivity contribution in [1.82, 2.24) is 19.7 Å². The quantitative estimate of drug-likeness (QED) is 0.882. The van der Waals surface area contributed by atoms with Gasteiger partial charge in [-0.25, -0.2) is 0 Å². The molecule has 1 aliphatic heterocycles. The van der Waals surface area contributed by atoms with Crippen LogP contribution in [-0.2, 0) is 24.3 Å². The van der Waals surface area contributed by atoms with E-state index < -0.39 is 0 Å². The third-order valence-electron chi connectivity index (χ3n) is 5.71. The summed E-state index contributed by atoms with van der Waals surface area (Å²) in [5.41, 5.74) is 6.29.